The molecule has 0 saturated heterocycles. The van der Waals surface area contributed by atoms with E-state index in [1.165, 1.54) is 42.1 Å². The Labute approximate surface area is 116 Å². The number of aryl methyl sites for hydroxylation is 1. The van der Waals surface area contributed by atoms with Gasteiger partial charge in [-0.15, -0.1) is 0 Å². The summed E-state index contributed by atoms with van der Waals surface area (Å²) in [7, 11) is 2.68. The Morgan fingerprint density at radius 2 is 1.90 bits per heavy atom. The number of hydrogen-bond acceptors (Lipinski definition) is 2. The first-order chi connectivity index (χ1) is 9.40. The van der Waals surface area contributed by atoms with Crippen molar-refractivity contribution < 1.29 is 22.7 Å². The van der Waals surface area contributed by atoms with Gasteiger partial charge in [0.1, 0.15) is 5.75 Å². The summed E-state index contributed by atoms with van der Waals surface area (Å²) in [5.41, 5.74) is 2.92. The summed E-state index contributed by atoms with van der Waals surface area (Å²) in [5, 5.41) is 1.44. The fourth-order valence-electron chi connectivity index (χ4n) is 2.08. The van der Waals surface area contributed by atoms with Crippen molar-refractivity contribution in [1.82, 2.24) is 5.32 Å². The van der Waals surface area contributed by atoms with E-state index in [9.17, 15) is 18.0 Å². The molecule has 1 amide bonds. The third-order valence-corrected chi connectivity index (χ3v) is 3.06. The van der Waals surface area contributed by atoms with Gasteiger partial charge in [-0.3, -0.25) is 4.79 Å². The molecule has 20 heavy (non-hydrogen) atoms. The zero-order chi connectivity index (χ0) is 15.2. The number of rotatable bonds is 1. The van der Waals surface area contributed by atoms with Gasteiger partial charge in [0.15, 0.2) is 0 Å². The van der Waals surface area contributed by atoms with E-state index in [1.807, 2.05) is 0 Å². The molecule has 6 heteroatoms. The summed E-state index contributed by atoms with van der Waals surface area (Å²) in [6, 6.07) is 6.37. The highest BCUT2D eigenvalue weighted by molar-refractivity contribution is 5.81. The Morgan fingerprint density at radius 3 is 2.40 bits per heavy atom. The second-order valence-electron chi connectivity index (χ2n) is 4.38. The summed E-state index contributed by atoms with van der Waals surface area (Å²) < 4.78 is 38.4. The highest BCUT2D eigenvalue weighted by Gasteiger charge is 2.37. The lowest BCUT2D eigenvalue weighted by atomic mass is 9.91. The number of carbonyl (C=O) groups is 1. The zero-order valence-electron chi connectivity index (χ0n) is 11.5. The molecule has 1 N–H and O–H groups in total. The molecule has 0 spiro atoms. The van der Waals surface area contributed by atoms with Gasteiger partial charge in [-0.05, 0) is 42.9 Å². The van der Waals surface area contributed by atoms with Crippen molar-refractivity contribution in [3.63, 3.8) is 0 Å². The van der Waals surface area contributed by atoms with Gasteiger partial charge in [0, 0.05) is 7.05 Å². The van der Waals surface area contributed by atoms with Crippen molar-refractivity contribution in [1.29, 1.82) is 0 Å². The highest BCUT2D eigenvalue weighted by Crippen LogP contribution is 2.28. The molecule has 0 radical (unpaired) electrons. The second-order valence-corrected chi connectivity index (χ2v) is 4.38. The molecule has 1 aromatic carbocycles. The Morgan fingerprint density at radius 1 is 1.25 bits per heavy atom. The topological polar surface area (TPSA) is 38.3 Å². The molecule has 3 nitrogen and oxygen atoms in total. The molecule has 1 aromatic rings. The largest absolute Gasteiger partial charge is 0.496 e. The highest BCUT2D eigenvalue weighted by atomic mass is 19.4. The first-order valence-corrected chi connectivity index (χ1v) is 6.33. The number of nitrogens with one attached hydrogen (secondary N) is 1. The van der Waals surface area contributed by atoms with Crippen LogP contribution in [-0.2, 0) is 17.6 Å². The molecular weight excluding hydrogens is 271 g/mol. The summed E-state index contributed by atoms with van der Waals surface area (Å²) in [5.74, 6) is -0.843. The molecule has 0 bridgehead atoms. The average molecular weight is 289 g/mol. The zero-order valence-corrected chi connectivity index (χ0v) is 11.5. The van der Waals surface area contributed by atoms with Gasteiger partial charge in [0.2, 0.25) is 0 Å². The second kappa shape index (κ2) is 7.17. The van der Waals surface area contributed by atoms with Gasteiger partial charge in [-0.25, -0.2) is 0 Å². The number of carbonyl (C=O) groups excluding carboxylic acids is 1. The molecule has 0 aromatic heterocycles. The van der Waals surface area contributed by atoms with E-state index >= 15 is 0 Å². The van der Waals surface area contributed by atoms with Crippen molar-refractivity contribution >= 4 is 5.91 Å². The number of hydrogen-bond donors (Lipinski definition) is 1. The van der Waals surface area contributed by atoms with Crippen LogP contribution in [0.3, 0.4) is 0 Å². The van der Waals surface area contributed by atoms with Crippen molar-refractivity contribution in [3.8, 4) is 5.75 Å². The molecule has 2 rings (SSSR count). The molecule has 0 saturated carbocycles. The van der Waals surface area contributed by atoms with E-state index in [4.69, 9.17) is 4.74 Å². The van der Waals surface area contributed by atoms with Crippen LogP contribution in [0, 0.1) is 0 Å². The van der Waals surface area contributed by atoms with Crippen LogP contribution >= 0.6 is 0 Å². The van der Waals surface area contributed by atoms with Crippen molar-refractivity contribution in [2.75, 3.05) is 14.2 Å². The van der Waals surface area contributed by atoms with Crippen molar-refractivity contribution in [2.24, 2.45) is 0 Å². The Kier molecular flexibility index (Phi) is 5.85. The summed E-state index contributed by atoms with van der Waals surface area (Å²) in [4.78, 5) is 9.60. The van der Waals surface area contributed by atoms with E-state index in [2.05, 4.69) is 18.2 Å². The fourth-order valence-corrected chi connectivity index (χ4v) is 2.08. The Hall–Kier alpha value is -1.72. The van der Waals surface area contributed by atoms with Crippen LogP contribution in [0.1, 0.15) is 24.0 Å². The van der Waals surface area contributed by atoms with Crippen LogP contribution < -0.4 is 10.1 Å². The average Bonchev–Trinajstić information content (AvgIpc) is 2.45. The molecule has 0 fully saturated rings. The maximum Gasteiger partial charge on any atom is 0.471 e. The van der Waals surface area contributed by atoms with Crippen LogP contribution in [0.4, 0.5) is 13.2 Å². The van der Waals surface area contributed by atoms with Gasteiger partial charge in [0.05, 0.1) is 7.11 Å². The number of alkyl halides is 3. The molecule has 1 aliphatic rings. The number of benzene rings is 1. The quantitative estimate of drug-likeness (QED) is 0.863. The lowest BCUT2D eigenvalue weighted by Gasteiger charge is -2.17. The molecule has 112 valence electrons. The molecule has 0 unspecified atom stereocenters. The third-order valence-electron chi connectivity index (χ3n) is 3.06. The third kappa shape index (κ3) is 4.43. The lowest BCUT2D eigenvalue weighted by molar-refractivity contribution is -0.172. The predicted molar refractivity (Wildman–Crippen MR) is 69.8 cm³/mol. The molecular formula is C14H18F3NO2. The number of methoxy groups -OCH3 is 1. The van der Waals surface area contributed by atoms with Crippen LogP contribution in [0.25, 0.3) is 0 Å². The van der Waals surface area contributed by atoms with Gasteiger partial charge in [-0.2, -0.15) is 13.2 Å². The molecule has 0 atom stereocenters. The van der Waals surface area contributed by atoms with Crippen LogP contribution in [0.2, 0.25) is 0 Å². The first-order valence-electron chi connectivity index (χ1n) is 6.33. The maximum atomic E-state index is 11.0. The van der Waals surface area contributed by atoms with E-state index in [0.29, 0.717) is 0 Å². The van der Waals surface area contributed by atoms with Crippen molar-refractivity contribution in [3.05, 3.63) is 29.3 Å². The number of halogens is 3. The normalized spacial score (nSPS) is 13.7. The van der Waals surface area contributed by atoms with E-state index < -0.39 is 12.1 Å². The van der Waals surface area contributed by atoms with E-state index in [1.54, 1.807) is 7.11 Å². The smallest absolute Gasteiger partial charge is 0.471 e. The van der Waals surface area contributed by atoms with Gasteiger partial charge >= 0.3 is 12.1 Å². The van der Waals surface area contributed by atoms with Crippen LogP contribution in [0.5, 0.6) is 5.75 Å². The van der Waals surface area contributed by atoms with Crippen molar-refractivity contribution in [2.45, 2.75) is 31.9 Å². The minimum atomic E-state index is -4.74. The van der Waals surface area contributed by atoms with Crippen LogP contribution in [-0.4, -0.2) is 26.2 Å². The number of amides is 1. The monoisotopic (exact) mass is 289 g/mol. The standard InChI is InChI=1S/C11H14O.C3H4F3NO/c1-12-11-8-4-6-9-5-2-3-7-10(9)11;1-7-2(8)3(4,5)6/h4,6,8H,2-3,5,7H2,1H3;1H3,(H,7,8). The molecule has 0 aliphatic heterocycles. The van der Waals surface area contributed by atoms with Gasteiger partial charge in [-0.1, -0.05) is 12.1 Å². The fraction of sp³-hybridized carbons (Fsp3) is 0.500. The minimum Gasteiger partial charge on any atom is -0.496 e. The molecule has 1 aliphatic carbocycles. The van der Waals surface area contributed by atoms with Gasteiger partial charge in [0.25, 0.3) is 0 Å². The van der Waals surface area contributed by atoms with Gasteiger partial charge < -0.3 is 10.1 Å². The lowest BCUT2D eigenvalue weighted by Crippen LogP contribution is -2.33. The SMILES string of the molecule is CNC(=O)C(F)(F)F.COc1cccc2c1CCCC2. The van der Waals surface area contributed by atoms with Crippen LogP contribution in [0.15, 0.2) is 18.2 Å². The Bertz CT molecular complexity index is 444. The minimum absolute atomic E-state index is 0.926. The van der Waals surface area contributed by atoms with E-state index in [-0.39, 0.29) is 0 Å². The summed E-state index contributed by atoms with van der Waals surface area (Å²) in [6.07, 6.45) is 0.328. The summed E-state index contributed by atoms with van der Waals surface area (Å²) in [6.45, 7) is 0. The number of fused-ring (bicyclic) bond motifs is 1. The first kappa shape index (κ1) is 16.3. The predicted octanol–water partition coefficient (Wildman–Crippen LogP) is 2.87. The maximum absolute atomic E-state index is 11.0. The summed E-state index contributed by atoms with van der Waals surface area (Å²) >= 11 is 0. The molecule has 0 heterocycles. The Balaban J connectivity index is 0.000000221. The number of ether oxygens (including phenoxy) is 1. The van der Waals surface area contributed by atoms with E-state index in [0.717, 1.165) is 12.8 Å².